The molecule has 2 aliphatic heterocycles. The van der Waals surface area contributed by atoms with E-state index in [1.807, 2.05) is 52.3 Å². The number of nitrogens with zero attached hydrogens (tertiary/aromatic N) is 5. The van der Waals surface area contributed by atoms with Crippen molar-refractivity contribution in [3.8, 4) is 5.75 Å². The molecule has 4 aromatic rings. The summed E-state index contributed by atoms with van der Waals surface area (Å²) in [5, 5.41) is 12.0. The summed E-state index contributed by atoms with van der Waals surface area (Å²) in [5.41, 5.74) is 1.20. The van der Waals surface area contributed by atoms with Crippen LogP contribution < -0.4 is 9.64 Å². The van der Waals surface area contributed by atoms with Crippen LogP contribution in [0.15, 0.2) is 75.6 Å². The number of furan rings is 1. The van der Waals surface area contributed by atoms with Crippen molar-refractivity contribution in [1.29, 1.82) is 0 Å². The van der Waals surface area contributed by atoms with Crippen LogP contribution in [0.4, 0.5) is 18.9 Å². The number of hydrogen-bond acceptors (Lipinski definition) is 8. The molecule has 0 spiro atoms. The highest BCUT2D eigenvalue weighted by Gasteiger charge is 2.37. The maximum absolute atomic E-state index is 13.6. The Hall–Kier alpha value is -4.11. The number of fused-ring (bicyclic) bond motifs is 1. The average molecular weight is 801 g/mol. The number of benzene rings is 3. The Morgan fingerprint density at radius 1 is 0.868 bits per heavy atom. The van der Waals surface area contributed by atoms with Crippen molar-refractivity contribution < 1.29 is 37.0 Å². The first kappa shape index (κ1) is 38.6. The van der Waals surface area contributed by atoms with Gasteiger partial charge in [-0.05, 0) is 67.9 Å². The van der Waals surface area contributed by atoms with Gasteiger partial charge in [-0.3, -0.25) is 19.4 Å². The Bertz CT molecular complexity index is 1870. The third-order valence-electron chi connectivity index (χ3n) is 10.1. The van der Waals surface area contributed by atoms with Crippen LogP contribution in [0.5, 0.6) is 5.75 Å². The molecule has 2 saturated heterocycles. The highest BCUT2D eigenvalue weighted by molar-refractivity contribution is 9.10. The van der Waals surface area contributed by atoms with Crippen molar-refractivity contribution in [3.63, 3.8) is 0 Å². The number of amides is 2. The number of aliphatic hydroxyl groups excluding tert-OH is 1. The molecule has 0 bridgehead atoms. The number of anilines is 1. The van der Waals surface area contributed by atoms with Gasteiger partial charge in [0.25, 0.3) is 5.91 Å². The molecular weight excluding hydrogens is 755 g/mol. The van der Waals surface area contributed by atoms with Crippen molar-refractivity contribution >= 4 is 44.4 Å². The van der Waals surface area contributed by atoms with Crippen molar-refractivity contribution in [1.82, 2.24) is 19.6 Å². The van der Waals surface area contributed by atoms with E-state index in [1.165, 1.54) is 17.0 Å². The van der Waals surface area contributed by atoms with Crippen LogP contribution in [0.25, 0.3) is 11.0 Å². The quantitative estimate of drug-likeness (QED) is 0.183. The first-order chi connectivity index (χ1) is 25.4. The Morgan fingerprint density at radius 2 is 1.53 bits per heavy atom. The molecule has 1 unspecified atom stereocenters. The van der Waals surface area contributed by atoms with Crippen molar-refractivity contribution in [2.75, 3.05) is 90.0 Å². The monoisotopic (exact) mass is 799 g/mol. The van der Waals surface area contributed by atoms with E-state index in [4.69, 9.17) is 9.15 Å². The van der Waals surface area contributed by atoms with Gasteiger partial charge in [0.2, 0.25) is 5.91 Å². The predicted molar refractivity (Wildman–Crippen MR) is 200 cm³/mol. The molecule has 3 aromatic carbocycles. The zero-order valence-corrected chi connectivity index (χ0v) is 31.5. The van der Waals surface area contributed by atoms with Crippen LogP contribution in [-0.2, 0) is 11.0 Å². The van der Waals surface area contributed by atoms with E-state index in [1.54, 1.807) is 0 Å². The van der Waals surface area contributed by atoms with Gasteiger partial charge in [-0.15, -0.1) is 0 Å². The minimum absolute atomic E-state index is 0.00208. The summed E-state index contributed by atoms with van der Waals surface area (Å²) in [6.07, 6.45) is -5.55. The second kappa shape index (κ2) is 16.9. The highest BCUT2D eigenvalue weighted by Crippen LogP contribution is 2.35. The summed E-state index contributed by atoms with van der Waals surface area (Å²) in [6.45, 7) is 11.3. The molecule has 2 amide bonds. The fourth-order valence-electron chi connectivity index (χ4n) is 6.89. The van der Waals surface area contributed by atoms with Gasteiger partial charge in [-0.1, -0.05) is 28.1 Å². The van der Waals surface area contributed by atoms with Gasteiger partial charge < -0.3 is 29.0 Å². The van der Waals surface area contributed by atoms with E-state index in [9.17, 15) is 27.9 Å². The highest BCUT2D eigenvalue weighted by atomic mass is 79.9. The van der Waals surface area contributed by atoms with Crippen LogP contribution in [0.3, 0.4) is 0 Å². The van der Waals surface area contributed by atoms with Gasteiger partial charge in [0.15, 0.2) is 0 Å². The zero-order valence-electron chi connectivity index (χ0n) is 29.9. The summed E-state index contributed by atoms with van der Waals surface area (Å²) in [7, 11) is 0. The van der Waals surface area contributed by atoms with E-state index in [-0.39, 0.29) is 35.6 Å². The molecule has 3 heterocycles. The first-order valence-corrected chi connectivity index (χ1v) is 18.8. The molecule has 1 N–H and O–H groups in total. The van der Waals surface area contributed by atoms with E-state index in [0.717, 1.165) is 35.8 Å². The fourth-order valence-corrected chi connectivity index (χ4v) is 7.25. The topological polar surface area (TPSA) is 92.9 Å². The average Bonchev–Trinajstić information content (AvgIpc) is 3.59. The molecule has 10 nitrogen and oxygen atoms in total. The van der Waals surface area contributed by atoms with E-state index in [0.29, 0.717) is 69.5 Å². The fraction of sp³-hybridized carbons (Fsp3) is 0.436. The van der Waals surface area contributed by atoms with Gasteiger partial charge >= 0.3 is 6.18 Å². The maximum Gasteiger partial charge on any atom is 0.417 e. The molecule has 0 radical (unpaired) electrons. The number of hydrogen-bond donors (Lipinski definition) is 1. The third-order valence-corrected chi connectivity index (χ3v) is 10.5. The standard InChI is InChI=1S/C39H45BrF3N5O5/c1-3-46(4-2)30-9-5-28-23-35(53-34(28)25-30)37(50)27-6-10-31(11-7-27)52-22-21-44-13-17-47(18-14-44)36(49)26-45-15-19-48(20-16-45)38(51)32-12-8-29(40)24-33(32)39(41,42)43/h5-12,23-25,37,50H,3-4,13-22,26H2,1-2H3. The van der Waals surface area contributed by atoms with Crippen LogP contribution in [0.2, 0.25) is 0 Å². The summed E-state index contributed by atoms with van der Waals surface area (Å²) in [4.78, 5) is 35.7. The Morgan fingerprint density at radius 3 is 2.19 bits per heavy atom. The number of carbonyl (C=O) groups excluding carboxylic acids is 2. The molecule has 14 heteroatoms. The van der Waals surface area contributed by atoms with Crippen molar-refractivity contribution in [3.05, 3.63) is 93.7 Å². The van der Waals surface area contributed by atoms with E-state index in [2.05, 4.69) is 45.6 Å². The molecule has 1 aromatic heterocycles. The molecule has 53 heavy (non-hydrogen) atoms. The predicted octanol–water partition coefficient (Wildman–Crippen LogP) is 6.12. The van der Waals surface area contributed by atoms with Gasteiger partial charge in [-0.2, -0.15) is 13.2 Å². The summed E-state index contributed by atoms with van der Waals surface area (Å²) >= 11 is 3.06. The lowest BCUT2D eigenvalue weighted by atomic mass is 10.1. The number of carbonyl (C=O) groups is 2. The molecule has 1 atom stereocenters. The number of piperazine rings is 2. The van der Waals surface area contributed by atoms with Gasteiger partial charge in [0.1, 0.15) is 29.8 Å². The van der Waals surface area contributed by atoms with Crippen molar-refractivity contribution in [2.45, 2.75) is 26.1 Å². The van der Waals surface area contributed by atoms with Crippen molar-refractivity contribution in [2.24, 2.45) is 0 Å². The molecular formula is C39H45BrF3N5O5. The van der Waals surface area contributed by atoms with Crippen LogP contribution in [0.1, 0.15) is 47.2 Å². The van der Waals surface area contributed by atoms with Gasteiger partial charge in [-0.25, -0.2) is 0 Å². The van der Waals surface area contributed by atoms with Gasteiger partial charge in [0.05, 0.1) is 17.7 Å². The van der Waals surface area contributed by atoms with Gasteiger partial charge in [0, 0.05) is 93.6 Å². The molecule has 2 fully saturated rings. The van der Waals surface area contributed by atoms with E-state index >= 15 is 0 Å². The number of rotatable bonds is 12. The second-order valence-electron chi connectivity index (χ2n) is 13.3. The molecule has 284 valence electrons. The number of halogens is 4. The lowest BCUT2D eigenvalue weighted by molar-refractivity contribution is -0.138. The molecule has 0 aliphatic carbocycles. The van der Waals surface area contributed by atoms with E-state index < -0.39 is 23.8 Å². The normalized spacial score (nSPS) is 16.6. The summed E-state index contributed by atoms with van der Waals surface area (Å²) < 4.78 is 53.0. The molecule has 2 aliphatic rings. The summed E-state index contributed by atoms with van der Waals surface area (Å²) in [5.74, 6) is 0.528. The van der Waals surface area contributed by atoms with Crippen LogP contribution in [0, 0.1) is 0 Å². The maximum atomic E-state index is 13.6. The zero-order chi connectivity index (χ0) is 37.7. The lowest BCUT2D eigenvalue weighted by Gasteiger charge is -2.38. The number of alkyl halides is 3. The molecule has 0 saturated carbocycles. The minimum Gasteiger partial charge on any atom is -0.492 e. The Balaban J connectivity index is 0.903. The first-order valence-electron chi connectivity index (χ1n) is 18.0. The van der Waals surface area contributed by atoms with Crippen LogP contribution >= 0.6 is 15.9 Å². The SMILES string of the molecule is CCN(CC)c1ccc2cc(C(O)c3ccc(OCCN4CCN(C(=O)CN5CCN(C(=O)c6ccc(Br)cc6C(F)(F)F)CC5)CC4)cc3)oc2c1. The Labute approximate surface area is 315 Å². The third kappa shape index (κ3) is 9.34. The minimum atomic E-state index is -4.65. The lowest BCUT2D eigenvalue weighted by Crippen LogP contribution is -2.54. The Kier molecular flexibility index (Phi) is 12.3. The summed E-state index contributed by atoms with van der Waals surface area (Å²) in [6, 6.07) is 18.9. The largest absolute Gasteiger partial charge is 0.492 e. The number of ether oxygens (including phenoxy) is 1. The molecule has 6 rings (SSSR count). The number of aliphatic hydroxyl groups is 1. The smallest absolute Gasteiger partial charge is 0.417 e. The van der Waals surface area contributed by atoms with Crippen LogP contribution in [-0.4, -0.2) is 122 Å². The second-order valence-corrected chi connectivity index (χ2v) is 14.3.